The maximum Gasteiger partial charge on any atom is 1.00 e. The SMILES string of the molecule is O=C1O[C@@H]([C@H](O)CO)C(O)=C1OP(=O)([O-])[O-].[Na+].[Na+]. The Hall–Kier alpha value is 0.880. The van der Waals surface area contributed by atoms with Crippen molar-refractivity contribution in [3.8, 4) is 0 Å². The Morgan fingerprint density at radius 2 is 1.94 bits per heavy atom. The molecule has 0 bridgehead atoms. The van der Waals surface area contributed by atoms with Crippen molar-refractivity contribution in [2.75, 3.05) is 6.61 Å². The first-order valence-corrected chi connectivity index (χ1v) is 5.37. The van der Waals surface area contributed by atoms with Crippen LogP contribution in [0.5, 0.6) is 0 Å². The fraction of sp³-hybridized carbons (Fsp3) is 0.500. The number of hydrogen-bond acceptors (Lipinski definition) is 9. The minimum absolute atomic E-state index is 0. The molecule has 0 saturated heterocycles. The molecule has 0 spiro atoms. The molecule has 0 aromatic rings. The predicted octanol–water partition coefficient (Wildman–Crippen LogP) is -9.11. The van der Waals surface area contributed by atoms with Gasteiger partial charge in [-0.3, -0.25) is 0 Å². The molecule has 0 aromatic carbocycles. The van der Waals surface area contributed by atoms with Crippen LogP contribution in [0.4, 0.5) is 0 Å². The van der Waals surface area contributed by atoms with Crippen LogP contribution in [0.15, 0.2) is 11.5 Å². The molecule has 1 aliphatic heterocycles. The number of esters is 1. The average Bonchev–Trinajstić information content (AvgIpc) is 2.42. The summed E-state index contributed by atoms with van der Waals surface area (Å²) in [5.41, 5.74) is 0. The second-order valence-corrected chi connectivity index (χ2v) is 3.91. The van der Waals surface area contributed by atoms with Gasteiger partial charge in [0.05, 0.1) is 6.61 Å². The Morgan fingerprint density at radius 3 is 2.33 bits per heavy atom. The Morgan fingerprint density at radius 1 is 1.44 bits per heavy atom. The van der Waals surface area contributed by atoms with Crippen LogP contribution in [0.1, 0.15) is 0 Å². The molecule has 12 heteroatoms. The van der Waals surface area contributed by atoms with Crippen LogP contribution in [-0.2, 0) is 18.6 Å². The third kappa shape index (κ3) is 5.48. The quantitative estimate of drug-likeness (QED) is 0.260. The molecule has 0 saturated carbocycles. The molecule has 92 valence electrons. The second-order valence-electron chi connectivity index (χ2n) is 2.83. The summed E-state index contributed by atoms with van der Waals surface area (Å²) in [4.78, 5) is 31.4. The van der Waals surface area contributed by atoms with Gasteiger partial charge in [-0.1, -0.05) is 0 Å². The fourth-order valence-electron chi connectivity index (χ4n) is 1.01. The number of rotatable bonds is 4. The number of carbonyl (C=O) groups excluding carboxylic acids is 1. The van der Waals surface area contributed by atoms with Crippen LogP contribution in [0.25, 0.3) is 0 Å². The Bertz CT molecular complexity index is 377. The molecule has 1 aliphatic rings. The van der Waals surface area contributed by atoms with Crippen LogP contribution in [0.3, 0.4) is 0 Å². The van der Waals surface area contributed by atoms with Gasteiger partial charge in [-0.05, 0) is 0 Å². The van der Waals surface area contributed by atoms with Crippen molar-refractivity contribution in [2.24, 2.45) is 0 Å². The minimum atomic E-state index is -5.52. The van der Waals surface area contributed by atoms with Gasteiger partial charge >= 0.3 is 65.1 Å². The zero-order chi connectivity index (χ0) is 12.5. The number of carbonyl (C=O) groups is 1. The van der Waals surface area contributed by atoms with Crippen molar-refractivity contribution in [3.05, 3.63) is 11.5 Å². The smallest absolute Gasteiger partial charge is 0.780 e. The van der Waals surface area contributed by atoms with Crippen LogP contribution in [0, 0.1) is 0 Å². The number of phosphoric acid groups is 1. The van der Waals surface area contributed by atoms with E-state index in [9.17, 15) is 24.3 Å². The molecule has 2 atom stereocenters. The van der Waals surface area contributed by atoms with Gasteiger partial charge in [-0.25, -0.2) is 4.79 Å². The number of aliphatic hydroxyl groups is 3. The molecular weight excluding hydrogens is 293 g/mol. The number of phosphoric ester groups is 1. The van der Waals surface area contributed by atoms with E-state index in [1.54, 1.807) is 0 Å². The van der Waals surface area contributed by atoms with Crippen molar-refractivity contribution in [1.82, 2.24) is 0 Å². The van der Waals surface area contributed by atoms with Crippen molar-refractivity contribution < 1.29 is 103 Å². The van der Waals surface area contributed by atoms with E-state index < -0.39 is 44.1 Å². The first-order valence-electron chi connectivity index (χ1n) is 3.91. The van der Waals surface area contributed by atoms with Gasteiger partial charge in [0.2, 0.25) is 0 Å². The van der Waals surface area contributed by atoms with Crippen molar-refractivity contribution >= 4 is 13.8 Å². The van der Waals surface area contributed by atoms with E-state index in [2.05, 4.69) is 9.26 Å². The Kier molecular flexibility index (Phi) is 9.69. The molecule has 0 radical (unpaired) electrons. The van der Waals surface area contributed by atoms with Crippen LogP contribution in [0.2, 0.25) is 0 Å². The van der Waals surface area contributed by atoms with Gasteiger partial charge in [-0.2, -0.15) is 0 Å². The maximum atomic E-state index is 10.9. The second kappa shape index (κ2) is 8.23. The molecule has 0 unspecified atom stereocenters. The number of aliphatic hydroxyl groups excluding tert-OH is 3. The number of hydrogen-bond donors (Lipinski definition) is 3. The van der Waals surface area contributed by atoms with Crippen molar-refractivity contribution in [2.45, 2.75) is 12.2 Å². The first-order chi connectivity index (χ1) is 7.26. The average molecular weight is 300 g/mol. The van der Waals surface area contributed by atoms with E-state index in [-0.39, 0.29) is 59.1 Å². The maximum absolute atomic E-state index is 10.9. The van der Waals surface area contributed by atoms with E-state index in [0.29, 0.717) is 0 Å². The molecule has 1 heterocycles. The standard InChI is InChI=1S/C6H9O9P.2Na/c7-1-2(8)4-3(9)5(6(10)14-4)15-16(11,12)13;;/h2,4,7-9H,1H2,(H2,11,12,13);;/q;2*+1/p-2/t2-,4+;;/m1../s1. The molecule has 0 amide bonds. The Balaban J connectivity index is 0. The summed E-state index contributed by atoms with van der Waals surface area (Å²) >= 11 is 0. The molecule has 0 fully saturated rings. The van der Waals surface area contributed by atoms with Crippen LogP contribution in [-0.4, -0.2) is 40.1 Å². The molecule has 0 aliphatic carbocycles. The van der Waals surface area contributed by atoms with Gasteiger partial charge in [0.1, 0.15) is 13.9 Å². The summed E-state index contributed by atoms with van der Waals surface area (Å²) in [6.45, 7) is -0.846. The summed E-state index contributed by atoms with van der Waals surface area (Å²) < 4.78 is 18.2. The third-order valence-corrected chi connectivity index (χ3v) is 2.07. The van der Waals surface area contributed by atoms with E-state index in [4.69, 9.17) is 10.2 Å². The molecule has 3 N–H and O–H groups in total. The Labute approximate surface area is 146 Å². The first kappa shape index (κ1) is 21.2. The molecule has 9 nitrogen and oxygen atoms in total. The van der Waals surface area contributed by atoms with Gasteiger partial charge in [-0.15, -0.1) is 0 Å². The molecular formula is C6H7Na2O9P. The minimum Gasteiger partial charge on any atom is -0.780 e. The van der Waals surface area contributed by atoms with Crippen LogP contribution >= 0.6 is 7.82 Å². The predicted molar refractivity (Wildman–Crippen MR) is 41.3 cm³/mol. The van der Waals surface area contributed by atoms with Crippen molar-refractivity contribution in [1.29, 1.82) is 0 Å². The summed E-state index contributed by atoms with van der Waals surface area (Å²) in [7, 11) is -5.52. The fourth-order valence-corrected chi connectivity index (χ4v) is 1.40. The summed E-state index contributed by atoms with van der Waals surface area (Å²) in [6.07, 6.45) is -3.30. The van der Waals surface area contributed by atoms with E-state index >= 15 is 0 Å². The molecule has 0 aromatic heterocycles. The summed E-state index contributed by atoms with van der Waals surface area (Å²) in [6, 6.07) is 0. The monoisotopic (exact) mass is 300 g/mol. The largest absolute Gasteiger partial charge is 1.00 e. The van der Waals surface area contributed by atoms with Gasteiger partial charge in [0.15, 0.2) is 11.9 Å². The number of cyclic esters (lactones) is 1. The topological polar surface area (TPSA) is 159 Å². The van der Waals surface area contributed by atoms with E-state index in [0.717, 1.165) is 0 Å². The summed E-state index contributed by atoms with van der Waals surface area (Å²) in [5.74, 6) is -3.67. The third-order valence-electron chi connectivity index (χ3n) is 1.66. The zero-order valence-corrected chi connectivity index (χ0v) is 14.5. The van der Waals surface area contributed by atoms with Crippen molar-refractivity contribution in [3.63, 3.8) is 0 Å². The molecule has 18 heavy (non-hydrogen) atoms. The van der Waals surface area contributed by atoms with Gasteiger partial charge in [0.25, 0.3) is 5.76 Å². The van der Waals surface area contributed by atoms with E-state index in [1.165, 1.54) is 0 Å². The van der Waals surface area contributed by atoms with Gasteiger partial charge < -0.3 is 38.9 Å². The molecule has 1 rings (SSSR count). The summed E-state index contributed by atoms with van der Waals surface area (Å²) in [5, 5.41) is 26.8. The van der Waals surface area contributed by atoms with E-state index in [1.807, 2.05) is 0 Å². The van der Waals surface area contributed by atoms with Gasteiger partial charge in [0, 0.05) is 0 Å². The number of ether oxygens (including phenoxy) is 1. The van der Waals surface area contributed by atoms with Crippen LogP contribution < -0.4 is 68.9 Å². The normalized spacial score (nSPS) is 20.7. The zero-order valence-electron chi connectivity index (χ0n) is 9.60.